The van der Waals surface area contributed by atoms with Gasteiger partial charge in [0.1, 0.15) is 0 Å². The van der Waals surface area contributed by atoms with Crippen molar-refractivity contribution in [3.05, 3.63) is 0 Å². The molecular formula is C16H24F3N3O2S. The van der Waals surface area contributed by atoms with Crippen LogP contribution in [0.15, 0.2) is 0 Å². The van der Waals surface area contributed by atoms with E-state index in [4.69, 9.17) is 0 Å². The Bertz CT molecular complexity index is 545. The Morgan fingerprint density at radius 1 is 1.16 bits per heavy atom. The van der Waals surface area contributed by atoms with Gasteiger partial charge in [0.15, 0.2) is 5.37 Å². The Kier molecular flexibility index (Phi) is 5.26. The van der Waals surface area contributed by atoms with Gasteiger partial charge in [-0.25, -0.2) is 0 Å². The number of hydrogen-bond donors (Lipinski definition) is 1. The zero-order valence-electron chi connectivity index (χ0n) is 14.4. The molecule has 0 spiro atoms. The minimum atomic E-state index is -4.35. The zero-order chi connectivity index (χ0) is 18.4. The van der Waals surface area contributed by atoms with Crippen LogP contribution in [0.3, 0.4) is 0 Å². The third-order valence-corrected chi connectivity index (χ3v) is 6.67. The van der Waals surface area contributed by atoms with Crippen molar-refractivity contribution in [2.75, 3.05) is 12.3 Å². The van der Waals surface area contributed by atoms with Gasteiger partial charge in [-0.1, -0.05) is 12.8 Å². The SMILES string of the molecule is CC(=O)N1C2CCCCC2N(C(=O)C2CSC(C(F)(F)F)N2)C[C@@H]1C. The summed E-state index contributed by atoms with van der Waals surface area (Å²) < 4.78 is 38.6. The first-order chi connectivity index (χ1) is 11.7. The lowest BCUT2D eigenvalue weighted by Gasteiger charge is -2.53. The number of carbonyl (C=O) groups excluding carboxylic acids is 2. The summed E-state index contributed by atoms with van der Waals surface area (Å²) >= 11 is 0.737. The number of piperazine rings is 1. The molecule has 0 radical (unpaired) electrons. The minimum Gasteiger partial charge on any atom is -0.334 e. The van der Waals surface area contributed by atoms with Crippen molar-refractivity contribution in [2.24, 2.45) is 0 Å². The van der Waals surface area contributed by atoms with Gasteiger partial charge in [-0.15, -0.1) is 11.8 Å². The molecule has 2 saturated heterocycles. The van der Waals surface area contributed by atoms with E-state index in [9.17, 15) is 22.8 Å². The Morgan fingerprint density at radius 2 is 1.80 bits per heavy atom. The molecule has 1 N–H and O–H groups in total. The molecule has 1 saturated carbocycles. The molecule has 2 heterocycles. The quantitative estimate of drug-likeness (QED) is 0.757. The maximum Gasteiger partial charge on any atom is 0.413 e. The first kappa shape index (κ1) is 18.8. The Labute approximate surface area is 149 Å². The standard InChI is InChI=1S/C16H24F3N3O2S/c1-9-7-21(12-5-3-4-6-13(12)22(9)10(2)23)14(24)11-8-25-15(20-11)16(17,18)19/h9,11-13,15,20H,3-8H2,1-2H3/t9-,11?,12?,13?,15?/m0/s1. The molecule has 0 aromatic carbocycles. The first-order valence-corrected chi connectivity index (χ1v) is 9.78. The van der Waals surface area contributed by atoms with Crippen LogP contribution in [-0.4, -0.2) is 69.6 Å². The van der Waals surface area contributed by atoms with E-state index < -0.39 is 17.6 Å². The van der Waals surface area contributed by atoms with Crippen molar-refractivity contribution >= 4 is 23.6 Å². The molecular weight excluding hydrogens is 355 g/mol. The van der Waals surface area contributed by atoms with Crippen LogP contribution in [0.2, 0.25) is 0 Å². The average molecular weight is 379 g/mol. The van der Waals surface area contributed by atoms with Crippen LogP contribution < -0.4 is 5.32 Å². The summed E-state index contributed by atoms with van der Waals surface area (Å²) in [5.74, 6) is -0.129. The second-order valence-electron chi connectivity index (χ2n) is 7.16. The van der Waals surface area contributed by atoms with E-state index in [-0.39, 0.29) is 35.7 Å². The highest BCUT2D eigenvalue weighted by molar-refractivity contribution is 8.00. The minimum absolute atomic E-state index is 0.00295. The van der Waals surface area contributed by atoms with Crippen LogP contribution in [0.5, 0.6) is 0 Å². The number of nitrogens with one attached hydrogen (secondary N) is 1. The summed E-state index contributed by atoms with van der Waals surface area (Å²) in [4.78, 5) is 28.6. The lowest BCUT2D eigenvalue weighted by Crippen LogP contribution is -2.68. The smallest absolute Gasteiger partial charge is 0.334 e. The van der Waals surface area contributed by atoms with Crippen LogP contribution in [0.25, 0.3) is 0 Å². The molecule has 2 aliphatic heterocycles. The number of rotatable bonds is 1. The zero-order valence-corrected chi connectivity index (χ0v) is 15.2. The van der Waals surface area contributed by atoms with Crippen molar-refractivity contribution < 1.29 is 22.8 Å². The lowest BCUT2D eigenvalue weighted by atomic mass is 9.84. The highest BCUT2D eigenvalue weighted by Gasteiger charge is 2.50. The summed E-state index contributed by atoms with van der Waals surface area (Å²) in [5.41, 5.74) is 0. The second-order valence-corrected chi connectivity index (χ2v) is 8.30. The lowest BCUT2D eigenvalue weighted by molar-refractivity contribution is -0.155. The fourth-order valence-electron chi connectivity index (χ4n) is 4.42. The highest BCUT2D eigenvalue weighted by atomic mass is 32.2. The van der Waals surface area contributed by atoms with E-state index in [1.165, 1.54) is 0 Å². The fraction of sp³-hybridized carbons (Fsp3) is 0.875. The van der Waals surface area contributed by atoms with Crippen LogP contribution in [0, 0.1) is 0 Å². The summed E-state index contributed by atoms with van der Waals surface area (Å²) in [5, 5.41) is 0.758. The van der Waals surface area contributed by atoms with Gasteiger partial charge in [0.2, 0.25) is 11.8 Å². The molecule has 5 atom stereocenters. The van der Waals surface area contributed by atoms with Crippen molar-refractivity contribution in [2.45, 2.75) is 75.2 Å². The average Bonchev–Trinajstić information content (AvgIpc) is 3.03. The molecule has 25 heavy (non-hydrogen) atoms. The van der Waals surface area contributed by atoms with Crippen molar-refractivity contribution in [1.29, 1.82) is 0 Å². The number of thioether (sulfide) groups is 1. The monoisotopic (exact) mass is 379 g/mol. The van der Waals surface area contributed by atoms with Crippen LogP contribution in [-0.2, 0) is 9.59 Å². The number of amides is 2. The van der Waals surface area contributed by atoms with Crippen molar-refractivity contribution in [1.82, 2.24) is 15.1 Å². The molecule has 1 aliphatic carbocycles. The van der Waals surface area contributed by atoms with E-state index in [1.807, 2.05) is 11.8 Å². The summed E-state index contributed by atoms with van der Waals surface area (Å²) in [6.07, 6.45) is -0.726. The first-order valence-electron chi connectivity index (χ1n) is 8.74. The number of fused-ring (bicyclic) bond motifs is 1. The van der Waals surface area contributed by atoms with Gasteiger partial charge in [0.25, 0.3) is 0 Å². The maximum atomic E-state index is 12.9. The molecule has 0 aromatic heterocycles. The summed E-state index contributed by atoms with van der Waals surface area (Å²) in [6.45, 7) is 3.84. The number of halogens is 3. The number of carbonyl (C=O) groups is 2. The van der Waals surface area contributed by atoms with Gasteiger partial charge < -0.3 is 9.80 Å². The van der Waals surface area contributed by atoms with Crippen LogP contribution >= 0.6 is 11.8 Å². The van der Waals surface area contributed by atoms with Gasteiger partial charge in [0.05, 0.1) is 18.1 Å². The Balaban J connectivity index is 1.75. The Hall–Kier alpha value is -0.960. The predicted octanol–water partition coefficient (Wildman–Crippen LogP) is 1.97. The Morgan fingerprint density at radius 3 is 2.36 bits per heavy atom. The summed E-state index contributed by atoms with van der Waals surface area (Å²) in [7, 11) is 0. The number of hydrogen-bond acceptors (Lipinski definition) is 4. The number of nitrogens with zero attached hydrogens (tertiary/aromatic N) is 2. The molecule has 3 aliphatic rings. The van der Waals surface area contributed by atoms with E-state index in [0.29, 0.717) is 6.54 Å². The van der Waals surface area contributed by atoms with E-state index in [0.717, 1.165) is 37.4 Å². The largest absolute Gasteiger partial charge is 0.413 e. The topological polar surface area (TPSA) is 52.7 Å². The van der Waals surface area contributed by atoms with Crippen molar-refractivity contribution in [3.8, 4) is 0 Å². The predicted molar refractivity (Wildman–Crippen MR) is 89.0 cm³/mol. The van der Waals surface area contributed by atoms with E-state index in [1.54, 1.807) is 11.8 Å². The maximum absolute atomic E-state index is 12.9. The third kappa shape index (κ3) is 3.63. The molecule has 142 valence electrons. The molecule has 4 unspecified atom stereocenters. The van der Waals surface area contributed by atoms with Gasteiger partial charge in [-0.3, -0.25) is 14.9 Å². The van der Waals surface area contributed by atoms with Gasteiger partial charge in [0, 0.05) is 25.3 Å². The van der Waals surface area contributed by atoms with Crippen LogP contribution in [0.4, 0.5) is 13.2 Å². The fourth-order valence-corrected chi connectivity index (χ4v) is 5.49. The van der Waals surface area contributed by atoms with Gasteiger partial charge >= 0.3 is 6.18 Å². The molecule has 3 rings (SSSR count). The van der Waals surface area contributed by atoms with Gasteiger partial charge in [-0.05, 0) is 19.8 Å². The molecule has 9 heteroatoms. The number of alkyl halides is 3. The molecule has 0 bridgehead atoms. The normalized spacial score (nSPS) is 36.3. The molecule has 2 amide bonds. The van der Waals surface area contributed by atoms with Crippen LogP contribution in [0.1, 0.15) is 39.5 Å². The third-order valence-electron chi connectivity index (χ3n) is 5.41. The molecule has 5 nitrogen and oxygen atoms in total. The highest BCUT2D eigenvalue weighted by Crippen LogP contribution is 2.36. The van der Waals surface area contributed by atoms with E-state index in [2.05, 4.69) is 5.32 Å². The molecule has 3 fully saturated rings. The molecule has 0 aromatic rings. The van der Waals surface area contributed by atoms with Gasteiger partial charge in [-0.2, -0.15) is 13.2 Å². The summed E-state index contributed by atoms with van der Waals surface area (Å²) in [6, 6.07) is -1.03. The van der Waals surface area contributed by atoms with E-state index >= 15 is 0 Å². The van der Waals surface area contributed by atoms with Crippen molar-refractivity contribution in [3.63, 3.8) is 0 Å². The second kappa shape index (κ2) is 6.98.